The minimum Gasteiger partial charge on any atom is -0.383 e. The highest BCUT2D eigenvalue weighted by Crippen LogP contribution is 2.28. The largest absolute Gasteiger partial charge is 0.383 e. The molecular weight excluding hydrogens is 288 g/mol. The van der Waals surface area contributed by atoms with Crippen LogP contribution < -0.4 is 5.32 Å². The lowest BCUT2D eigenvalue weighted by Crippen LogP contribution is -2.35. The summed E-state index contributed by atoms with van der Waals surface area (Å²) in [5, 5.41) is 20.5. The van der Waals surface area contributed by atoms with E-state index in [2.05, 4.69) is 20.1 Å². The summed E-state index contributed by atoms with van der Waals surface area (Å²) in [6.07, 6.45) is 9.31. The first kappa shape index (κ1) is 16.3. The molecule has 118 valence electrons. The van der Waals surface area contributed by atoms with Crippen molar-refractivity contribution in [3.8, 4) is 0 Å². The maximum Gasteiger partial charge on any atom is 0.249 e. The van der Waals surface area contributed by atoms with Gasteiger partial charge in [-0.15, -0.1) is 10.2 Å². The molecule has 0 aromatic carbocycles. The molecule has 0 radical (unpaired) electrons. The lowest BCUT2D eigenvalue weighted by Gasteiger charge is -2.24. The van der Waals surface area contributed by atoms with Crippen LogP contribution in [0.2, 0.25) is 0 Å². The van der Waals surface area contributed by atoms with Gasteiger partial charge in [0.1, 0.15) is 12.4 Å². The lowest BCUT2D eigenvalue weighted by molar-refractivity contribution is -0.129. The third-order valence-electron chi connectivity index (χ3n) is 3.93. The number of nitrogens with one attached hydrogen (secondary N) is 1. The number of carbonyl (C=O) groups excluding carboxylic acids is 1. The Labute approximate surface area is 129 Å². The third-order valence-corrected chi connectivity index (χ3v) is 4.58. The number of nitrogens with zero attached hydrogens (tertiary/aromatic N) is 3. The van der Waals surface area contributed by atoms with Crippen LogP contribution in [0.25, 0.3) is 0 Å². The smallest absolute Gasteiger partial charge is 0.249 e. The van der Waals surface area contributed by atoms with Gasteiger partial charge in [0.2, 0.25) is 5.91 Å². The van der Waals surface area contributed by atoms with Gasteiger partial charge in [-0.2, -0.15) is 11.8 Å². The monoisotopic (exact) mass is 312 g/mol. The topological polar surface area (TPSA) is 80.0 Å². The van der Waals surface area contributed by atoms with Crippen molar-refractivity contribution in [3.63, 3.8) is 0 Å². The normalized spacial score (nSPS) is 17.6. The van der Waals surface area contributed by atoms with Crippen molar-refractivity contribution in [3.05, 3.63) is 12.2 Å². The van der Waals surface area contributed by atoms with Crippen molar-refractivity contribution in [2.75, 3.05) is 12.0 Å². The SMILES string of the molecule is CSCC[C@@H](O)C(=O)NCc1nncn1C1CCCCC1. The Morgan fingerprint density at radius 1 is 1.52 bits per heavy atom. The molecule has 6 nitrogen and oxygen atoms in total. The zero-order valence-corrected chi connectivity index (χ0v) is 13.3. The second-order valence-electron chi connectivity index (χ2n) is 5.46. The Hall–Kier alpha value is -1.08. The molecule has 0 spiro atoms. The van der Waals surface area contributed by atoms with E-state index in [1.165, 1.54) is 19.3 Å². The minimum atomic E-state index is -0.941. The molecule has 1 saturated carbocycles. The summed E-state index contributed by atoms with van der Waals surface area (Å²) in [7, 11) is 0. The molecule has 1 aromatic heterocycles. The Kier molecular flexibility index (Phi) is 6.50. The first-order valence-electron chi connectivity index (χ1n) is 7.55. The van der Waals surface area contributed by atoms with Gasteiger partial charge >= 0.3 is 0 Å². The molecule has 1 heterocycles. The number of carbonyl (C=O) groups is 1. The van der Waals surface area contributed by atoms with Crippen molar-refractivity contribution in [1.29, 1.82) is 0 Å². The van der Waals surface area contributed by atoms with E-state index in [0.717, 1.165) is 24.4 Å². The molecule has 0 unspecified atom stereocenters. The van der Waals surface area contributed by atoms with Crippen LogP contribution in [-0.4, -0.2) is 43.9 Å². The van der Waals surface area contributed by atoms with E-state index in [1.54, 1.807) is 18.1 Å². The van der Waals surface area contributed by atoms with Gasteiger partial charge < -0.3 is 15.0 Å². The van der Waals surface area contributed by atoms with Gasteiger partial charge in [0.05, 0.1) is 6.54 Å². The van der Waals surface area contributed by atoms with Crippen molar-refractivity contribution in [1.82, 2.24) is 20.1 Å². The van der Waals surface area contributed by atoms with Crippen LogP contribution in [0.1, 0.15) is 50.4 Å². The maximum absolute atomic E-state index is 11.8. The number of amides is 1. The summed E-state index contributed by atoms with van der Waals surface area (Å²) >= 11 is 1.62. The van der Waals surface area contributed by atoms with E-state index in [0.29, 0.717) is 19.0 Å². The molecular formula is C14H24N4O2S. The zero-order valence-electron chi connectivity index (χ0n) is 12.5. The van der Waals surface area contributed by atoms with Crippen molar-refractivity contribution < 1.29 is 9.90 Å². The fourth-order valence-corrected chi connectivity index (χ4v) is 3.16. The fourth-order valence-electron chi connectivity index (χ4n) is 2.70. The first-order chi connectivity index (χ1) is 10.2. The van der Waals surface area contributed by atoms with Gasteiger partial charge in [0.15, 0.2) is 5.82 Å². The van der Waals surface area contributed by atoms with E-state index >= 15 is 0 Å². The number of thioether (sulfide) groups is 1. The van der Waals surface area contributed by atoms with Crippen LogP contribution in [-0.2, 0) is 11.3 Å². The number of hydrogen-bond donors (Lipinski definition) is 2. The van der Waals surface area contributed by atoms with Crippen LogP contribution in [0.3, 0.4) is 0 Å². The van der Waals surface area contributed by atoms with Gasteiger partial charge in [0.25, 0.3) is 0 Å². The molecule has 2 rings (SSSR count). The molecule has 2 N–H and O–H groups in total. The van der Waals surface area contributed by atoms with Crippen LogP contribution in [0.4, 0.5) is 0 Å². The standard InChI is InChI=1S/C14H24N4O2S/c1-21-8-7-12(19)14(20)15-9-13-17-16-10-18(13)11-5-3-2-4-6-11/h10-12,19H,2-9H2,1H3,(H,15,20)/t12-/m1/s1. The molecule has 1 aliphatic rings. The highest BCUT2D eigenvalue weighted by molar-refractivity contribution is 7.98. The predicted molar refractivity (Wildman–Crippen MR) is 83.0 cm³/mol. The number of aliphatic hydroxyl groups is 1. The number of hydrogen-bond acceptors (Lipinski definition) is 5. The molecule has 0 saturated heterocycles. The van der Waals surface area contributed by atoms with Crippen molar-refractivity contribution >= 4 is 17.7 Å². The Balaban J connectivity index is 1.85. The number of rotatable bonds is 7. The van der Waals surface area contributed by atoms with E-state index in [-0.39, 0.29) is 5.91 Å². The molecule has 21 heavy (non-hydrogen) atoms. The van der Waals surface area contributed by atoms with Gasteiger partial charge in [-0.25, -0.2) is 0 Å². The molecule has 7 heteroatoms. The second kappa shape index (κ2) is 8.38. The Bertz CT molecular complexity index is 446. The van der Waals surface area contributed by atoms with Crippen molar-refractivity contribution in [2.24, 2.45) is 0 Å². The average Bonchev–Trinajstić information content (AvgIpc) is 2.99. The first-order valence-corrected chi connectivity index (χ1v) is 8.95. The lowest BCUT2D eigenvalue weighted by atomic mass is 9.95. The third kappa shape index (κ3) is 4.71. The van der Waals surface area contributed by atoms with Gasteiger partial charge in [-0.3, -0.25) is 4.79 Å². The summed E-state index contributed by atoms with van der Waals surface area (Å²) in [6.45, 7) is 0.325. The van der Waals surface area contributed by atoms with E-state index in [4.69, 9.17) is 0 Å². The molecule has 1 fully saturated rings. The number of aromatic nitrogens is 3. The Morgan fingerprint density at radius 2 is 2.29 bits per heavy atom. The van der Waals surface area contributed by atoms with Crippen LogP contribution in [0.15, 0.2) is 6.33 Å². The van der Waals surface area contributed by atoms with Gasteiger partial charge in [-0.05, 0) is 31.3 Å². The maximum atomic E-state index is 11.8. The predicted octanol–water partition coefficient (Wildman–Crippen LogP) is 1.51. The summed E-state index contributed by atoms with van der Waals surface area (Å²) in [5.74, 6) is 1.21. The Morgan fingerprint density at radius 3 is 3.00 bits per heavy atom. The summed E-state index contributed by atoms with van der Waals surface area (Å²) in [6, 6.07) is 0.446. The molecule has 0 aliphatic heterocycles. The van der Waals surface area contributed by atoms with Gasteiger partial charge in [-0.1, -0.05) is 19.3 Å². The molecule has 0 bridgehead atoms. The molecule has 1 atom stereocenters. The molecule has 1 aliphatic carbocycles. The second-order valence-corrected chi connectivity index (χ2v) is 6.45. The fraction of sp³-hybridized carbons (Fsp3) is 0.786. The summed E-state index contributed by atoms with van der Waals surface area (Å²) in [4.78, 5) is 11.8. The summed E-state index contributed by atoms with van der Waals surface area (Å²) < 4.78 is 2.08. The van der Waals surface area contributed by atoms with Crippen molar-refractivity contribution in [2.45, 2.75) is 57.2 Å². The van der Waals surface area contributed by atoms with E-state index < -0.39 is 6.10 Å². The van der Waals surface area contributed by atoms with E-state index in [1.807, 2.05) is 6.26 Å². The molecule has 1 amide bonds. The van der Waals surface area contributed by atoms with E-state index in [9.17, 15) is 9.90 Å². The summed E-state index contributed by atoms with van der Waals surface area (Å²) in [5.41, 5.74) is 0. The van der Waals surface area contributed by atoms with Crippen LogP contribution in [0.5, 0.6) is 0 Å². The van der Waals surface area contributed by atoms with Crippen LogP contribution in [0, 0.1) is 0 Å². The zero-order chi connectivity index (χ0) is 15.1. The quantitative estimate of drug-likeness (QED) is 0.798. The number of aliphatic hydroxyl groups excluding tert-OH is 1. The van der Waals surface area contributed by atoms with Crippen LogP contribution >= 0.6 is 11.8 Å². The highest BCUT2D eigenvalue weighted by atomic mass is 32.2. The van der Waals surface area contributed by atoms with Gasteiger partial charge in [0, 0.05) is 6.04 Å². The molecule has 1 aromatic rings. The average molecular weight is 312 g/mol. The highest BCUT2D eigenvalue weighted by Gasteiger charge is 2.20. The minimum absolute atomic E-state index is 0.325.